The molecule has 1 nitrogen and oxygen atoms in total. The minimum absolute atomic E-state index is 0.778. The largest absolute Gasteiger partial charge is 0.371 e. The summed E-state index contributed by atoms with van der Waals surface area (Å²) in [6, 6.07) is 15.2. The van der Waals surface area contributed by atoms with E-state index in [0.717, 1.165) is 25.4 Å². The van der Waals surface area contributed by atoms with Crippen LogP contribution in [-0.2, 0) is 0 Å². The summed E-state index contributed by atoms with van der Waals surface area (Å²) < 4.78 is 0. The number of unbranched alkanes of at least 4 members (excludes halogenated alkanes) is 2. The van der Waals surface area contributed by atoms with E-state index >= 15 is 0 Å². The average Bonchev–Trinajstić information content (AvgIpc) is 2.47. The second-order valence-electron chi connectivity index (χ2n) is 4.83. The van der Waals surface area contributed by atoms with Gasteiger partial charge in [-0.1, -0.05) is 42.8 Å². The van der Waals surface area contributed by atoms with Crippen LogP contribution in [-0.4, -0.2) is 19.0 Å². The Labute approximate surface area is 121 Å². The molecule has 0 aliphatic carbocycles. The molecule has 0 bridgehead atoms. The summed E-state index contributed by atoms with van der Waals surface area (Å²) in [4.78, 5) is 2.47. The third-order valence-electron chi connectivity index (χ3n) is 3.55. The Bertz CT molecular complexity index is 504. The molecule has 0 saturated heterocycles. The van der Waals surface area contributed by atoms with Gasteiger partial charge in [-0.25, -0.2) is 0 Å². The second-order valence-corrected chi connectivity index (χ2v) is 5.21. The predicted molar refractivity (Wildman–Crippen MR) is 86.4 cm³/mol. The summed E-state index contributed by atoms with van der Waals surface area (Å²) >= 11 is 5.73. The van der Waals surface area contributed by atoms with Gasteiger partial charge >= 0.3 is 0 Å². The highest BCUT2D eigenvalue weighted by Gasteiger charge is 2.07. The molecule has 0 fully saturated rings. The van der Waals surface area contributed by atoms with Crippen molar-refractivity contribution >= 4 is 28.1 Å². The minimum Gasteiger partial charge on any atom is -0.371 e. The molecule has 0 radical (unpaired) electrons. The molecule has 0 aliphatic rings. The first kappa shape index (κ1) is 14.2. The van der Waals surface area contributed by atoms with Gasteiger partial charge in [-0.2, -0.15) is 0 Å². The number of hydrogen-bond acceptors (Lipinski definition) is 1. The Kier molecular flexibility index (Phi) is 5.53. The SMILES string of the molecule is CCN(CCCCCCl)c1cccc2ccccc12. The van der Waals surface area contributed by atoms with Crippen LogP contribution in [0, 0.1) is 0 Å². The zero-order chi connectivity index (χ0) is 13.5. The molecule has 0 aromatic heterocycles. The van der Waals surface area contributed by atoms with Gasteiger partial charge in [-0.3, -0.25) is 0 Å². The van der Waals surface area contributed by atoms with Gasteiger partial charge in [0, 0.05) is 30.0 Å². The molecule has 0 N–H and O–H groups in total. The standard InChI is InChI=1S/C17H22ClN/c1-2-19(14-7-3-6-13-18)17-12-8-10-15-9-4-5-11-16(15)17/h4-5,8-12H,2-3,6-7,13-14H2,1H3. The number of halogens is 1. The molecule has 2 aromatic rings. The molecule has 0 atom stereocenters. The van der Waals surface area contributed by atoms with E-state index < -0.39 is 0 Å². The van der Waals surface area contributed by atoms with Crippen molar-refractivity contribution in [3.8, 4) is 0 Å². The molecule has 0 spiro atoms. The Balaban J connectivity index is 2.16. The van der Waals surface area contributed by atoms with Crippen molar-refractivity contribution in [2.75, 3.05) is 23.9 Å². The van der Waals surface area contributed by atoms with E-state index in [2.05, 4.69) is 54.3 Å². The highest BCUT2D eigenvalue weighted by molar-refractivity contribution is 6.17. The van der Waals surface area contributed by atoms with Crippen LogP contribution in [0.4, 0.5) is 5.69 Å². The van der Waals surface area contributed by atoms with Gasteiger partial charge in [0.1, 0.15) is 0 Å². The molecule has 2 aromatic carbocycles. The van der Waals surface area contributed by atoms with Gasteiger partial charge in [-0.15, -0.1) is 11.6 Å². The quantitative estimate of drug-likeness (QED) is 0.503. The molecule has 2 rings (SSSR count). The van der Waals surface area contributed by atoms with Gasteiger partial charge in [0.2, 0.25) is 0 Å². The van der Waals surface area contributed by atoms with Gasteiger partial charge in [-0.05, 0) is 31.2 Å². The van der Waals surface area contributed by atoms with Gasteiger partial charge < -0.3 is 4.90 Å². The second kappa shape index (κ2) is 7.40. The maximum absolute atomic E-state index is 5.73. The molecule has 0 heterocycles. The molecular formula is C17H22ClN. The Morgan fingerprint density at radius 1 is 0.947 bits per heavy atom. The third kappa shape index (κ3) is 3.63. The summed E-state index contributed by atoms with van der Waals surface area (Å²) in [6.45, 7) is 4.39. The van der Waals surface area contributed by atoms with E-state index in [1.54, 1.807) is 0 Å². The van der Waals surface area contributed by atoms with Crippen LogP contribution in [0.3, 0.4) is 0 Å². The van der Waals surface area contributed by atoms with Crippen LogP contribution in [0.2, 0.25) is 0 Å². The number of alkyl halides is 1. The van der Waals surface area contributed by atoms with E-state index in [-0.39, 0.29) is 0 Å². The molecule has 19 heavy (non-hydrogen) atoms. The molecule has 2 heteroatoms. The Morgan fingerprint density at radius 2 is 1.74 bits per heavy atom. The Hall–Kier alpha value is -1.21. The summed E-state index contributed by atoms with van der Waals surface area (Å²) in [5.41, 5.74) is 1.35. The number of nitrogens with zero attached hydrogens (tertiary/aromatic N) is 1. The van der Waals surface area contributed by atoms with E-state index in [1.165, 1.54) is 29.3 Å². The average molecular weight is 276 g/mol. The lowest BCUT2D eigenvalue weighted by Crippen LogP contribution is -2.24. The molecule has 102 valence electrons. The number of fused-ring (bicyclic) bond motifs is 1. The van der Waals surface area contributed by atoms with Crippen LogP contribution < -0.4 is 4.90 Å². The normalized spacial score (nSPS) is 10.8. The first-order chi connectivity index (χ1) is 9.36. The van der Waals surface area contributed by atoms with Crippen molar-refractivity contribution in [3.05, 3.63) is 42.5 Å². The van der Waals surface area contributed by atoms with Crippen LogP contribution in [0.1, 0.15) is 26.2 Å². The van der Waals surface area contributed by atoms with Gasteiger partial charge in [0.15, 0.2) is 0 Å². The fourth-order valence-electron chi connectivity index (χ4n) is 2.51. The number of rotatable bonds is 7. The molecule has 0 aliphatic heterocycles. The molecule has 0 saturated carbocycles. The summed E-state index contributed by atoms with van der Waals surface area (Å²) in [5, 5.41) is 2.67. The number of hydrogen-bond donors (Lipinski definition) is 0. The lowest BCUT2D eigenvalue weighted by Gasteiger charge is -2.24. The van der Waals surface area contributed by atoms with Crippen molar-refractivity contribution in [3.63, 3.8) is 0 Å². The van der Waals surface area contributed by atoms with Crippen molar-refractivity contribution in [1.82, 2.24) is 0 Å². The fourth-order valence-corrected chi connectivity index (χ4v) is 2.70. The molecule has 0 unspecified atom stereocenters. The zero-order valence-electron chi connectivity index (χ0n) is 11.6. The van der Waals surface area contributed by atoms with Crippen LogP contribution in [0.25, 0.3) is 10.8 Å². The van der Waals surface area contributed by atoms with Crippen LogP contribution >= 0.6 is 11.6 Å². The smallest absolute Gasteiger partial charge is 0.0445 e. The van der Waals surface area contributed by atoms with Crippen molar-refractivity contribution in [2.24, 2.45) is 0 Å². The minimum atomic E-state index is 0.778. The van der Waals surface area contributed by atoms with E-state index in [1.807, 2.05) is 0 Å². The monoisotopic (exact) mass is 275 g/mol. The van der Waals surface area contributed by atoms with Crippen molar-refractivity contribution in [2.45, 2.75) is 26.2 Å². The first-order valence-corrected chi connectivity index (χ1v) is 7.69. The van der Waals surface area contributed by atoms with Crippen LogP contribution in [0.5, 0.6) is 0 Å². The summed E-state index contributed by atoms with van der Waals surface area (Å²) in [5.74, 6) is 0.778. The molecular weight excluding hydrogens is 254 g/mol. The molecule has 0 amide bonds. The fraction of sp³-hybridized carbons (Fsp3) is 0.412. The predicted octanol–water partition coefficient (Wildman–Crippen LogP) is 5.08. The lowest BCUT2D eigenvalue weighted by atomic mass is 10.1. The first-order valence-electron chi connectivity index (χ1n) is 7.15. The van der Waals surface area contributed by atoms with E-state index in [9.17, 15) is 0 Å². The number of anilines is 1. The lowest BCUT2D eigenvalue weighted by molar-refractivity contribution is 0.688. The zero-order valence-corrected chi connectivity index (χ0v) is 12.4. The van der Waals surface area contributed by atoms with Crippen LogP contribution in [0.15, 0.2) is 42.5 Å². The Morgan fingerprint density at radius 3 is 2.53 bits per heavy atom. The van der Waals surface area contributed by atoms with Gasteiger partial charge in [0.05, 0.1) is 0 Å². The third-order valence-corrected chi connectivity index (χ3v) is 3.82. The highest BCUT2D eigenvalue weighted by atomic mass is 35.5. The number of benzene rings is 2. The maximum atomic E-state index is 5.73. The van der Waals surface area contributed by atoms with E-state index in [0.29, 0.717) is 0 Å². The van der Waals surface area contributed by atoms with E-state index in [4.69, 9.17) is 11.6 Å². The summed E-state index contributed by atoms with van der Waals surface area (Å²) in [7, 11) is 0. The topological polar surface area (TPSA) is 3.24 Å². The van der Waals surface area contributed by atoms with Crippen molar-refractivity contribution < 1.29 is 0 Å². The van der Waals surface area contributed by atoms with Gasteiger partial charge in [0.25, 0.3) is 0 Å². The summed E-state index contributed by atoms with van der Waals surface area (Å²) in [6.07, 6.45) is 3.54. The highest BCUT2D eigenvalue weighted by Crippen LogP contribution is 2.26. The van der Waals surface area contributed by atoms with Crippen molar-refractivity contribution in [1.29, 1.82) is 0 Å². The maximum Gasteiger partial charge on any atom is 0.0445 e.